The predicted octanol–water partition coefficient (Wildman–Crippen LogP) is 0.580. The summed E-state index contributed by atoms with van der Waals surface area (Å²) in [6.45, 7) is 1.35. The molecule has 0 unspecified atom stereocenters. The number of amides is 2. The number of carbonyl (C=O) groups is 3. The van der Waals surface area contributed by atoms with Crippen LogP contribution in [0.2, 0.25) is 0 Å². The molecular weight excluding hydrogens is 314 g/mol. The maximum absolute atomic E-state index is 12.9. The number of nitrogens with zero attached hydrogens (tertiary/aromatic N) is 1. The van der Waals surface area contributed by atoms with Crippen LogP contribution in [0.3, 0.4) is 0 Å². The highest BCUT2D eigenvalue weighted by atomic mass is 16.5. The lowest BCUT2D eigenvalue weighted by molar-refractivity contribution is -0.131. The van der Waals surface area contributed by atoms with Gasteiger partial charge in [0.05, 0.1) is 35.3 Å². The molecule has 7 heteroatoms. The van der Waals surface area contributed by atoms with Crippen molar-refractivity contribution in [1.82, 2.24) is 0 Å². The number of rotatable bonds is 3. The number of aromatic carboxylic acids is 1. The monoisotopic (exact) mass is 329 g/mol. The minimum atomic E-state index is -1.16. The number of fused-ring (bicyclic) bond motifs is 5. The molecule has 2 saturated heterocycles. The quantitative estimate of drug-likeness (QED) is 0.621. The Balaban J connectivity index is 1.75. The Morgan fingerprint density at radius 1 is 1.17 bits per heavy atom. The molecule has 0 saturated carbocycles. The van der Waals surface area contributed by atoms with Crippen LogP contribution in [0.1, 0.15) is 17.3 Å². The van der Waals surface area contributed by atoms with Gasteiger partial charge in [0.1, 0.15) is 5.60 Å². The molecule has 4 rings (SSSR count). The van der Waals surface area contributed by atoms with Gasteiger partial charge in [-0.15, -0.1) is 0 Å². The molecule has 7 nitrogen and oxygen atoms in total. The van der Waals surface area contributed by atoms with E-state index in [9.17, 15) is 19.5 Å². The number of hydrogen-bond acceptors (Lipinski definition) is 5. The van der Waals surface area contributed by atoms with Crippen LogP contribution in [0.4, 0.5) is 5.69 Å². The summed E-state index contributed by atoms with van der Waals surface area (Å²) in [7, 11) is 0. The van der Waals surface area contributed by atoms with Gasteiger partial charge in [-0.2, -0.15) is 0 Å². The van der Waals surface area contributed by atoms with Crippen molar-refractivity contribution in [2.75, 3.05) is 11.5 Å². The van der Waals surface area contributed by atoms with E-state index in [2.05, 4.69) is 0 Å². The van der Waals surface area contributed by atoms with E-state index in [0.717, 1.165) is 4.90 Å². The zero-order valence-corrected chi connectivity index (χ0v) is 12.8. The fraction of sp³-hybridized carbons (Fsp3) is 0.353. The van der Waals surface area contributed by atoms with E-state index in [1.807, 2.05) is 0 Å². The van der Waals surface area contributed by atoms with Gasteiger partial charge in [-0.1, -0.05) is 12.2 Å². The highest BCUT2D eigenvalue weighted by molar-refractivity contribution is 6.23. The molecule has 2 N–H and O–H groups in total. The molecule has 124 valence electrons. The first-order valence-corrected chi connectivity index (χ1v) is 7.55. The van der Waals surface area contributed by atoms with Crippen molar-refractivity contribution in [1.29, 1.82) is 0 Å². The molecule has 0 aliphatic carbocycles. The summed E-state index contributed by atoms with van der Waals surface area (Å²) in [6, 6.07) is 5.56. The van der Waals surface area contributed by atoms with Crippen LogP contribution in [-0.2, 0) is 14.3 Å². The van der Waals surface area contributed by atoms with Gasteiger partial charge in [-0.3, -0.25) is 9.59 Å². The Bertz CT molecular complexity index is 800. The van der Waals surface area contributed by atoms with E-state index in [0.29, 0.717) is 5.69 Å². The summed E-state index contributed by atoms with van der Waals surface area (Å²) in [5.74, 6) is -3.38. The third-order valence-corrected chi connectivity index (χ3v) is 5.18. The first-order chi connectivity index (χ1) is 11.3. The maximum Gasteiger partial charge on any atom is 0.335 e. The van der Waals surface area contributed by atoms with E-state index >= 15 is 0 Å². The summed E-state index contributed by atoms with van der Waals surface area (Å²) >= 11 is 0. The van der Waals surface area contributed by atoms with Gasteiger partial charge in [0, 0.05) is 0 Å². The van der Waals surface area contributed by atoms with Crippen molar-refractivity contribution in [3.8, 4) is 0 Å². The van der Waals surface area contributed by atoms with Crippen LogP contribution in [0, 0.1) is 11.8 Å². The Kier molecular flexibility index (Phi) is 2.83. The fourth-order valence-corrected chi connectivity index (χ4v) is 4.05. The van der Waals surface area contributed by atoms with E-state index in [1.165, 1.54) is 24.3 Å². The fourth-order valence-electron chi connectivity index (χ4n) is 4.05. The normalized spacial score (nSPS) is 36.5. The summed E-state index contributed by atoms with van der Waals surface area (Å²) < 4.78 is 5.83. The number of carboxylic acids is 1. The van der Waals surface area contributed by atoms with Crippen molar-refractivity contribution in [3.63, 3.8) is 0 Å². The summed E-state index contributed by atoms with van der Waals surface area (Å²) in [4.78, 5) is 37.7. The first-order valence-electron chi connectivity index (χ1n) is 7.55. The van der Waals surface area contributed by atoms with Crippen LogP contribution < -0.4 is 4.90 Å². The van der Waals surface area contributed by atoms with Gasteiger partial charge in [-0.05, 0) is 31.2 Å². The SMILES string of the molecule is C[C@@]12C=C[C@@](CO)(O1)[C@H]1C(=O)N(c3ccc(C(=O)O)cc3)C(=O)[C@H]12. The molecule has 2 amide bonds. The van der Waals surface area contributed by atoms with Gasteiger partial charge in [-0.25, -0.2) is 9.69 Å². The second-order valence-electron chi connectivity index (χ2n) is 6.55. The van der Waals surface area contributed by atoms with Crippen LogP contribution in [-0.4, -0.2) is 45.8 Å². The molecule has 1 aromatic carbocycles. The third kappa shape index (κ3) is 1.65. The lowest BCUT2D eigenvalue weighted by Crippen LogP contribution is -2.43. The minimum absolute atomic E-state index is 0.0712. The highest BCUT2D eigenvalue weighted by Crippen LogP contribution is 2.57. The van der Waals surface area contributed by atoms with Crippen molar-refractivity contribution >= 4 is 23.5 Å². The summed E-state index contributed by atoms with van der Waals surface area (Å²) in [5, 5.41) is 18.7. The number of hydrogen-bond donors (Lipinski definition) is 2. The third-order valence-electron chi connectivity index (χ3n) is 5.18. The van der Waals surface area contributed by atoms with Crippen LogP contribution in [0.25, 0.3) is 0 Å². The number of carbonyl (C=O) groups excluding carboxylic acids is 2. The number of aliphatic hydroxyl groups is 1. The zero-order valence-electron chi connectivity index (χ0n) is 12.8. The minimum Gasteiger partial charge on any atom is -0.478 e. The smallest absolute Gasteiger partial charge is 0.335 e. The van der Waals surface area contributed by atoms with Crippen molar-refractivity contribution in [3.05, 3.63) is 42.0 Å². The van der Waals surface area contributed by atoms with Gasteiger partial charge in [0.15, 0.2) is 0 Å². The number of imide groups is 1. The number of anilines is 1. The number of carboxylic acid groups (broad SMARTS) is 1. The molecule has 24 heavy (non-hydrogen) atoms. The van der Waals surface area contributed by atoms with Crippen molar-refractivity contribution in [2.24, 2.45) is 11.8 Å². The zero-order chi connectivity index (χ0) is 17.3. The average Bonchev–Trinajstić information content (AvgIpc) is 3.14. The molecule has 1 aromatic rings. The van der Waals surface area contributed by atoms with Gasteiger partial charge < -0.3 is 14.9 Å². The molecular formula is C17H15NO6. The Morgan fingerprint density at radius 2 is 1.79 bits per heavy atom. The standard InChI is InChI=1S/C17H15NO6/c1-16-6-7-17(8-19,24-16)12-11(16)13(20)18(14(12)21)10-4-2-9(3-5-10)15(22)23/h2-7,11-12,19H,8H2,1H3,(H,22,23)/t11-,12+,16-,17-/m0/s1. The molecule has 4 atom stereocenters. The average molecular weight is 329 g/mol. The molecule has 2 bridgehead atoms. The summed E-state index contributed by atoms with van der Waals surface area (Å²) in [5.41, 5.74) is -1.69. The van der Waals surface area contributed by atoms with Gasteiger partial charge in [0.25, 0.3) is 0 Å². The highest BCUT2D eigenvalue weighted by Gasteiger charge is 2.72. The topological polar surface area (TPSA) is 104 Å². The van der Waals surface area contributed by atoms with Crippen molar-refractivity contribution < 1.29 is 29.3 Å². The predicted molar refractivity (Wildman–Crippen MR) is 81.3 cm³/mol. The van der Waals surface area contributed by atoms with E-state index in [1.54, 1.807) is 19.1 Å². The van der Waals surface area contributed by atoms with E-state index in [4.69, 9.17) is 9.84 Å². The van der Waals surface area contributed by atoms with Crippen molar-refractivity contribution in [2.45, 2.75) is 18.1 Å². The Labute approximate surface area is 137 Å². The van der Waals surface area contributed by atoms with Crippen LogP contribution >= 0.6 is 0 Å². The molecule has 3 heterocycles. The second kappa shape index (κ2) is 4.52. The molecule has 0 spiro atoms. The lowest BCUT2D eigenvalue weighted by Gasteiger charge is -2.26. The Hall–Kier alpha value is -2.51. The molecule has 0 radical (unpaired) electrons. The Morgan fingerprint density at radius 3 is 2.38 bits per heavy atom. The number of benzene rings is 1. The molecule has 2 fully saturated rings. The van der Waals surface area contributed by atoms with Crippen LogP contribution in [0.5, 0.6) is 0 Å². The lowest BCUT2D eigenvalue weighted by atomic mass is 9.73. The molecule has 0 aromatic heterocycles. The maximum atomic E-state index is 12.9. The van der Waals surface area contributed by atoms with Gasteiger partial charge >= 0.3 is 5.97 Å². The van der Waals surface area contributed by atoms with Crippen LogP contribution in [0.15, 0.2) is 36.4 Å². The van der Waals surface area contributed by atoms with E-state index < -0.39 is 40.8 Å². The molecule has 3 aliphatic heterocycles. The van der Waals surface area contributed by atoms with Gasteiger partial charge in [0.2, 0.25) is 11.8 Å². The largest absolute Gasteiger partial charge is 0.478 e. The number of aliphatic hydroxyl groups excluding tert-OH is 1. The summed E-state index contributed by atoms with van der Waals surface area (Å²) in [6.07, 6.45) is 3.39. The first kappa shape index (κ1) is 15.0. The molecule has 3 aliphatic rings. The second-order valence-corrected chi connectivity index (χ2v) is 6.55. The number of ether oxygens (including phenoxy) is 1. The van der Waals surface area contributed by atoms with E-state index in [-0.39, 0.29) is 12.2 Å².